The summed E-state index contributed by atoms with van der Waals surface area (Å²) in [6, 6.07) is 5.27. The quantitative estimate of drug-likeness (QED) is 0.700. The minimum Gasteiger partial charge on any atom is -0.481 e. The van der Waals surface area contributed by atoms with E-state index >= 15 is 0 Å². The topological polar surface area (TPSA) is 66.8 Å². The van der Waals surface area contributed by atoms with E-state index in [-0.39, 0.29) is 12.5 Å². The van der Waals surface area contributed by atoms with Gasteiger partial charge in [-0.25, -0.2) is 0 Å². The van der Waals surface area contributed by atoms with Crippen LogP contribution in [-0.4, -0.2) is 48.2 Å². The molecule has 0 aromatic heterocycles. The third-order valence-corrected chi connectivity index (χ3v) is 4.05. The highest BCUT2D eigenvalue weighted by Crippen LogP contribution is 2.22. The second-order valence-corrected chi connectivity index (χ2v) is 5.86. The van der Waals surface area contributed by atoms with Crippen LogP contribution in [0.4, 0.5) is 0 Å². The predicted octanol–water partition coefficient (Wildman–Crippen LogP) is 3.24. The van der Waals surface area contributed by atoms with Crippen LogP contribution in [0.3, 0.4) is 0 Å². The smallest absolute Gasteiger partial charge is 0.308 e. The molecule has 1 atom stereocenters. The third kappa shape index (κ3) is 5.84. The van der Waals surface area contributed by atoms with Gasteiger partial charge >= 0.3 is 5.97 Å². The SMILES string of the molecule is CCOCCCN(CC(C)C(=O)O)C(=O)c1cccc(C)c1Cl. The molecule has 23 heavy (non-hydrogen) atoms. The Labute approximate surface area is 142 Å². The van der Waals surface area contributed by atoms with E-state index in [2.05, 4.69) is 0 Å². The minimum atomic E-state index is -0.928. The Morgan fingerprint density at radius 3 is 2.70 bits per heavy atom. The lowest BCUT2D eigenvalue weighted by atomic mass is 10.1. The van der Waals surface area contributed by atoms with Crippen molar-refractivity contribution in [3.05, 3.63) is 34.3 Å². The molecular formula is C17H24ClNO4. The number of rotatable bonds is 9. The van der Waals surface area contributed by atoms with Crippen molar-refractivity contribution in [3.8, 4) is 0 Å². The van der Waals surface area contributed by atoms with Crippen LogP contribution >= 0.6 is 11.6 Å². The molecule has 0 aliphatic rings. The molecule has 0 saturated carbocycles. The van der Waals surface area contributed by atoms with E-state index in [1.54, 1.807) is 24.0 Å². The molecule has 0 heterocycles. The third-order valence-electron chi connectivity index (χ3n) is 3.55. The van der Waals surface area contributed by atoms with Crippen molar-refractivity contribution in [2.24, 2.45) is 5.92 Å². The molecule has 0 aliphatic heterocycles. The second kappa shape index (κ2) is 9.53. The zero-order chi connectivity index (χ0) is 17.4. The molecule has 1 amide bonds. The number of aliphatic carboxylic acids is 1. The molecule has 0 saturated heterocycles. The van der Waals surface area contributed by atoms with Crippen molar-refractivity contribution < 1.29 is 19.4 Å². The Bertz CT molecular complexity index is 547. The number of carbonyl (C=O) groups is 2. The highest BCUT2D eigenvalue weighted by atomic mass is 35.5. The van der Waals surface area contributed by atoms with Gasteiger partial charge in [-0.2, -0.15) is 0 Å². The summed E-state index contributed by atoms with van der Waals surface area (Å²) in [7, 11) is 0. The van der Waals surface area contributed by atoms with Gasteiger partial charge in [0.2, 0.25) is 0 Å². The number of nitrogens with zero attached hydrogens (tertiary/aromatic N) is 1. The van der Waals surface area contributed by atoms with Gasteiger partial charge in [-0.3, -0.25) is 9.59 Å². The molecule has 1 unspecified atom stereocenters. The average molecular weight is 342 g/mol. The fourth-order valence-electron chi connectivity index (χ4n) is 2.17. The van der Waals surface area contributed by atoms with Crippen LogP contribution in [0.2, 0.25) is 5.02 Å². The molecule has 5 nitrogen and oxygen atoms in total. The summed E-state index contributed by atoms with van der Waals surface area (Å²) in [6.45, 7) is 7.04. The first kappa shape index (κ1) is 19.5. The van der Waals surface area contributed by atoms with Gasteiger partial charge < -0.3 is 14.7 Å². The van der Waals surface area contributed by atoms with Crippen molar-refractivity contribution in [1.82, 2.24) is 4.90 Å². The number of benzene rings is 1. The molecule has 1 rings (SSSR count). The Balaban J connectivity index is 2.90. The van der Waals surface area contributed by atoms with Crippen molar-refractivity contribution in [2.75, 3.05) is 26.3 Å². The van der Waals surface area contributed by atoms with Crippen LogP contribution in [0, 0.1) is 12.8 Å². The van der Waals surface area contributed by atoms with Crippen LogP contribution in [-0.2, 0) is 9.53 Å². The predicted molar refractivity (Wildman–Crippen MR) is 90.0 cm³/mol. The van der Waals surface area contributed by atoms with E-state index in [4.69, 9.17) is 21.4 Å². The lowest BCUT2D eigenvalue weighted by molar-refractivity contribution is -0.141. The lowest BCUT2D eigenvalue weighted by Gasteiger charge is -2.25. The van der Waals surface area contributed by atoms with Crippen molar-refractivity contribution in [1.29, 1.82) is 0 Å². The first-order valence-electron chi connectivity index (χ1n) is 7.73. The first-order valence-corrected chi connectivity index (χ1v) is 8.11. The molecule has 0 fully saturated rings. The number of hydrogen-bond acceptors (Lipinski definition) is 3. The molecule has 1 N–H and O–H groups in total. The van der Waals surface area contributed by atoms with E-state index in [1.807, 2.05) is 19.9 Å². The molecule has 128 valence electrons. The maximum Gasteiger partial charge on any atom is 0.308 e. The molecule has 0 aliphatic carbocycles. The summed E-state index contributed by atoms with van der Waals surface area (Å²) in [4.78, 5) is 25.4. The molecule has 0 spiro atoms. The number of carbonyl (C=O) groups excluding carboxylic acids is 1. The summed E-state index contributed by atoms with van der Waals surface area (Å²) in [5.41, 5.74) is 1.22. The van der Waals surface area contributed by atoms with Crippen LogP contribution in [0.1, 0.15) is 36.2 Å². The summed E-state index contributed by atoms with van der Waals surface area (Å²) in [6.07, 6.45) is 0.648. The number of hydrogen-bond donors (Lipinski definition) is 1. The van der Waals surface area contributed by atoms with Crippen molar-refractivity contribution in [3.63, 3.8) is 0 Å². The van der Waals surface area contributed by atoms with E-state index in [0.717, 1.165) is 5.56 Å². The maximum absolute atomic E-state index is 12.7. The van der Waals surface area contributed by atoms with Crippen LogP contribution < -0.4 is 0 Å². The van der Waals surface area contributed by atoms with E-state index < -0.39 is 11.9 Å². The van der Waals surface area contributed by atoms with Crippen LogP contribution in [0.5, 0.6) is 0 Å². The minimum absolute atomic E-state index is 0.143. The monoisotopic (exact) mass is 341 g/mol. The maximum atomic E-state index is 12.7. The number of carboxylic acids is 1. The van der Waals surface area contributed by atoms with Gasteiger partial charge in [0.05, 0.1) is 16.5 Å². The van der Waals surface area contributed by atoms with E-state index in [1.165, 1.54) is 0 Å². The fourth-order valence-corrected chi connectivity index (χ4v) is 2.38. The average Bonchev–Trinajstić information content (AvgIpc) is 2.52. The molecule has 1 aromatic rings. The van der Waals surface area contributed by atoms with Gasteiger partial charge in [-0.15, -0.1) is 0 Å². The molecular weight excluding hydrogens is 318 g/mol. The standard InChI is InChI=1S/C17H24ClNO4/c1-4-23-10-6-9-19(11-13(3)17(21)22)16(20)14-8-5-7-12(2)15(14)18/h5,7-8,13H,4,6,9-11H2,1-3H3,(H,21,22). The van der Waals surface area contributed by atoms with Gasteiger partial charge in [-0.05, 0) is 31.9 Å². The summed E-state index contributed by atoms with van der Waals surface area (Å²) >= 11 is 6.23. The molecule has 1 aromatic carbocycles. The zero-order valence-corrected chi connectivity index (χ0v) is 14.6. The largest absolute Gasteiger partial charge is 0.481 e. The Morgan fingerprint density at radius 1 is 1.39 bits per heavy atom. The number of halogens is 1. The van der Waals surface area contributed by atoms with Crippen molar-refractivity contribution in [2.45, 2.75) is 27.2 Å². The Morgan fingerprint density at radius 2 is 2.09 bits per heavy atom. The lowest BCUT2D eigenvalue weighted by Crippen LogP contribution is -2.38. The summed E-state index contributed by atoms with van der Waals surface area (Å²) in [5.74, 6) is -1.82. The van der Waals surface area contributed by atoms with Crippen LogP contribution in [0.15, 0.2) is 18.2 Å². The van der Waals surface area contributed by atoms with Gasteiger partial charge in [0.1, 0.15) is 0 Å². The first-order chi connectivity index (χ1) is 10.9. The fraction of sp³-hybridized carbons (Fsp3) is 0.529. The van der Waals surface area contributed by atoms with Crippen LogP contribution in [0.25, 0.3) is 0 Å². The zero-order valence-electron chi connectivity index (χ0n) is 13.8. The number of ether oxygens (including phenoxy) is 1. The van der Waals surface area contributed by atoms with Gasteiger partial charge in [0.15, 0.2) is 0 Å². The number of aryl methyl sites for hydroxylation is 1. The summed E-state index contributed by atoms with van der Waals surface area (Å²) < 4.78 is 5.28. The highest BCUT2D eigenvalue weighted by Gasteiger charge is 2.23. The van der Waals surface area contributed by atoms with Gasteiger partial charge in [-0.1, -0.05) is 30.7 Å². The number of carboxylic acid groups (broad SMARTS) is 1. The summed E-state index contributed by atoms with van der Waals surface area (Å²) in [5, 5.41) is 9.52. The van der Waals surface area contributed by atoms with E-state index in [0.29, 0.717) is 36.8 Å². The normalized spacial score (nSPS) is 12.0. The molecule has 0 radical (unpaired) electrons. The van der Waals surface area contributed by atoms with E-state index in [9.17, 15) is 9.59 Å². The number of amides is 1. The van der Waals surface area contributed by atoms with Crippen molar-refractivity contribution >= 4 is 23.5 Å². The Kier molecular flexibility index (Phi) is 8.06. The molecule has 6 heteroatoms. The van der Waals surface area contributed by atoms with Gasteiger partial charge in [0.25, 0.3) is 5.91 Å². The Hall–Kier alpha value is -1.59. The van der Waals surface area contributed by atoms with Gasteiger partial charge in [0, 0.05) is 26.3 Å². The highest BCUT2D eigenvalue weighted by molar-refractivity contribution is 6.34. The molecule has 0 bridgehead atoms. The second-order valence-electron chi connectivity index (χ2n) is 5.48.